The number of ether oxygens (including phenoxy) is 1. The molecule has 0 saturated heterocycles. The molecule has 7 nitrogen and oxygen atoms in total. The van der Waals surface area contributed by atoms with Gasteiger partial charge in [0.1, 0.15) is 4.21 Å². The number of para-hydroxylation sites is 1. The molecule has 2 atom stereocenters. The first kappa shape index (κ1) is 22.2. The SMILES string of the molecule is CCOC(=O)CC1CN=C(C2Cc3cccc(N(CC)S(=O)(=O)c4cccs4)c3N2)S1. The van der Waals surface area contributed by atoms with E-state index >= 15 is 0 Å². The van der Waals surface area contributed by atoms with E-state index in [0.717, 1.165) is 22.7 Å². The van der Waals surface area contributed by atoms with Crippen molar-refractivity contribution in [2.24, 2.45) is 4.99 Å². The van der Waals surface area contributed by atoms with Crippen molar-refractivity contribution >= 4 is 55.5 Å². The summed E-state index contributed by atoms with van der Waals surface area (Å²) >= 11 is 2.83. The lowest BCUT2D eigenvalue weighted by atomic mass is 10.1. The Morgan fingerprint density at radius 1 is 1.29 bits per heavy atom. The fourth-order valence-electron chi connectivity index (χ4n) is 3.86. The van der Waals surface area contributed by atoms with Crippen molar-refractivity contribution in [2.75, 3.05) is 29.3 Å². The molecule has 0 bridgehead atoms. The van der Waals surface area contributed by atoms with Gasteiger partial charge in [0, 0.05) is 18.2 Å². The number of rotatable bonds is 8. The van der Waals surface area contributed by atoms with E-state index in [1.54, 1.807) is 36.2 Å². The van der Waals surface area contributed by atoms with Crippen molar-refractivity contribution in [1.29, 1.82) is 0 Å². The van der Waals surface area contributed by atoms with Crippen LogP contribution in [-0.4, -0.2) is 50.4 Å². The van der Waals surface area contributed by atoms with Crippen LogP contribution in [0.4, 0.5) is 11.4 Å². The van der Waals surface area contributed by atoms with Crippen LogP contribution in [0.2, 0.25) is 0 Å². The Labute approximate surface area is 190 Å². The molecule has 0 saturated carbocycles. The Kier molecular flexibility index (Phi) is 6.59. The average molecular weight is 480 g/mol. The highest BCUT2D eigenvalue weighted by Gasteiger charge is 2.35. The first-order chi connectivity index (χ1) is 14.9. The standard InChI is InChI=1S/C21H25N3O4S3/c1-3-24(31(26,27)19-9-6-10-29-19)17-8-5-7-14-11-16(23-20(14)17)21-22-13-15(30-21)12-18(25)28-4-2/h5-10,15-16,23H,3-4,11-13H2,1-2H3. The zero-order valence-corrected chi connectivity index (χ0v) is 19.9. The molecule has 1 aromatic carbocycles. The first-order valence-corrected chi connectivity index (χ1v) is 13.4. The lowest BCUT2D eigenvalue weighted by Gasteiger charge is -2.25. The predicted octanol–water partition coefficient (Wildman–Crippen LogP) is 3.77. The highest BCUT2D eigenvalue weighted by Crippen LogP contribution is 2.40. The molecule has 4 rings (SSSR count). The van der Waals surface area contributed by atoms with Gasteiger partial charge in [0.05, 0.1) is 42.0 Å². The molecule has 2 aliphatic heterocycles. The second-order valence-corrected chi connectivity index (χ2v) is 11.6. The minimum absolute atomic E-state index is 0.0171. The van der Waals surface area contributed by atoms with Gasteiger partial charge in [-0.15, -0.1) is 23.1 Å². The molecular weight excluding hydrogens is 454 g/mol. The van der Waals surface area contributed by atoms with Crippen molar-refractivity contribution in [2.45, 2.75) is 42.2 Å². The van der Waals surface area contributed by atoms with E-state index in [-0.39, 0.29) is 17.3 Å². The third kappa shape index (κ3) is 4.47. The summed E-state index contributed by atoms with van der Waals surface area (Å²) in [4.78, 5) is 16.4. The van der Waals surface area contributed by atoms with Crippen LogP contribution in [-0.2, 0) is 26.0 Å². The normalized spacial score (nSPS) is 20.1. The lowest BCUT2D eigenvalue weighted by Crippen LogP contribution is -2.31. The van der Waals surface area contributed by atoms with E-state index in [4.69, 9.17) is 4.74 Å². The number of sulfonamides is 1. The molecule has 2 aromatic rings. The molecule has 3 heterocycles. The molecule has 0 aliphatic carbocycles. The van der Waals surface area contributed by atoms with Crippen molar-refractivity contribution in [3.8, 4) is 0 Å². The lowest BCUT2D eigenvalue weighted by molar-refractivity contribution is -0.143. The van der Waals surface area contributed by atoms with E-state index in [0.29, 0.717) is 36.0 Å². The minimum Gasteiger partial charge on any atom is -0.466 e. The number of benzene rings is 1. The fraction of sp³-hybridized carbons (Fsp3) is 0.429. The Balaban J connectivity index is 1.52. The molecule has 10 heteroatoms. The number of nitrogens with zero attached hydrogens (tertiary/aromatic N) is 2. The molecule has 166 valence electrons. The second kappa shape index (κ2) is 9.22. The van der Waals surface area contributed by atoms with Gasteiger partial charge >= 0.3 is 5.97 Å². The summed E-state index contributed by atoms with van der Waals surface area (Å²) in [5, 5.41) is 6.32. The number of thioether (sulfide) groups is 1. The number of carbonyl (C=O) groups is 1. The van der Waals surface area contributed by atoms with Crippen molar-refractivity contribution < 1.29 is 17.9 Å². The predicted molar refractivity (Wildman–Crippen MR) is 127 cm³/mol. The Morgan fingerprint density at radius 2 is 2.13 bits per heavy atom. The number of hydrogen-bond donors (Lipinski definition) is 1. The second-order valence-electron chi connectivity index (χ2n) is 7.24. The number of esters is 1. The zero-order chi connectivity index (χ0) is 22.0. The summed E-state index contributed by atoms with van der Waals surface area (Å²) in [5.41, 5.74) is 2.56. The van der Waals surface area contributed by atoms with Gasteiger partial charge < -0.3 is 10.1 Å². The maximum absolute atomic E-state index is 13.2. The Morgan fingerprint density at radius 3 is 2.84 bits per heavy atom. The zero-order valence-electron chi connectivity index (χ0n) is 17.4. The summed E-state index contributed by atoms with van der Waals surface area (Å²) in [6.07, 6.45) is 1.08. The number of nitrogens with one attached hydrogen (secondary N) is 1. The summed E-state index contributed by atoms with van der Waals surface area (Å²) in [7, 11) is -3.62. The topological polar surface area (TPSA) is 88.1 Å². The molecule has 2 unspecified atom stereocenters. The molecule has 0 amide bonds. The molecule has 1 N–H and O–H groups in total. The van der Waals surface area contributed by atoms with Gasteiger partial charge in [0.2, 0.25) is 0 Å². The summed E-state index contributed by atoms with van der Waals surface area (Å²) in [6.45, 7) is 4.95. The molecule has 0 radical (unpaired) electrons. The van der Waals surface area contributed by atoms with Crippen LogP contribution in [0.15, 0.2) is 44.9 Å². The fourth-order valence-corrected chi connectivity index (χ4v) is 7.61. The van der Waals surface area contributed by atoms with Crippen molar-refractivity contribution in [3.05, 3.63) is 41.3 Å². The number of anilines is 2. The average Bonchev–Trinajstić information content (AvgIpc) is 3.49. The van der Waals surface area contributed by atoms with E-state index < -0.39 is 10.0 Å². The van der Waals surface area contributed by atoms with Crippen LogP contribution in [0.1, 0.15) is 25.8 Å². The van der Waals surface area contributed by atoms with Gasteiger partial charge in [-0.25, -0.2) is 8.42 Å². The molecule has 0 spiro atoms. The van der Waals surface area contributed by atoms with E-state index in [1.807, 2.05) is 25.1 Å². The van der Waals surface area contributed by atoms with E-state index in [1.165, 1.54) is 15.6 Å². The Hall–Kier alpha value is -2.04. The maximum Gasteiger partial charge on any atom is 0.306 e. The molecule has 0 fully saturated rings. The number of thiophene rings is 1. The van der Waals surface area contributed by atoms with Crippen LogP contribution >= 0.6 is 23.1 Å². The molecule has 2 aliphatic rings. The van der Waals surface area contributed by atoms with Crippen LogP contribution in [0.25, 0.3) is 0 Å². The van der Waals surface area contributed by atoms with Crippen LogP contribution in [0.3, 0.4) is 0 Å². The van der Waals surface area contributed by atoms with E-state index in [9.17, 15) is 13.2 Å². The summed E-state index contributed by atoms with van der Waals surface area (Å²) in [5.74, 6) is -0.196. The van der Waals surface area contributed by atoms with Crippen molar-refractivity contribution in [3.63, 3.8) is 0 Å². The highest BCUT2D eigenvalue weighted by atomic mass is 32.2. The van der Waals surface area contributed by atoms with Crippen LogP contribution in [0, 0.1) is 0 Å². The van der Waals surface area contributed by atoms with Gasteiger partial charge in [-0.05, 0) is 36.9 Å². The third-order valence-corrected chi connectivity index (χ3v) is 9.77. The van der Waals surface area contributed by atoms with Gasteiger partial charge in [0.15, 0.2) is 0 Å². The van der Waals surface area contributed by atoms with Gasteiger partial charge in [-0.1, -0.05) is 18.2 Å². The maximum atomic E-state index is 13.2. The smallest absolute Gasteiger partial charge is 0.306 e. The number of fused-ring (bicyclic) bond motifs is 1. The van der Waals surface area contributed by atoms with Gasteiger partial charge in [-0.3, -0.25) is 14.1 Å². The largest absolute Gasteiger partial charge is 0.466 e. The Bertz CT molecular complexity index is 1080. The highest BCUT2D eigenvalue weighted by molar-refractivity contribution is 8.15. The first-order valence-electron chi connectivity index (χ1n) is 10.2. The number of hydrogen-bond acceptors (Lipinski definition) is 8. The molecule has 1 aromatic heterocycles. The van der Waals surface area contributed by atoms with Crippen LogP contribution < -0.4 is 9.62 Å². The van der Waals surface area contributed by atoms with Crippen molar-refractivity contribution in [1.82, 2.24) is 0 Å². The summed E-state index contributed by atoms with van der Waals surface area (Å²) in [6, 6.07) is 9.13. The molecule has 31 heavy (non-hydrogen) atoms. The molecular formula is C21H25N3O4S3. The van der Waals surface area contributed by atoms with Gasteiger partial charge in [-0.2, -0.15) is 0 Å². The third-order valence-electron chi connectivity index (χ3n) is 5.20. The minimum atomic E-state index is -3.62. The number of aliphatic imine (C=N–C) groups is 1. The monoisotopic (exact) mass is 479 g/mol. The van der Waals surface area contributed by atoms with E-state index in [2.05, 4.69) is 10.3 Å². The van der Waals surface area contributed by atoms with Gasteiger partial charge in [0.25, 0.3) is 10.0 Å². The number of carbonyl (C=O) groups excluding carboxylic acids is 1. The summed E-state index contributed by atoms with van der Waals surface area (Å²) < 4.78 is 33.2. The van der Waals surface area contributed by atoms with Crippen LogP contribution in [0.5, 0.6) is 0 Å². The quantitative estimate of drug-likeness (QED) is 0.580.